The fraction of sp³-hybridized carbons (Fsp3) is 0.261. The molecule has 2 aromatic carbocycles. The minimum absolute atomic E-state index is 0.316. The van der Waals surface area contributed by atoms with E-state index in [9.17, 15) is 14.4 Å². The molecular formula is C23H21N3O5. The number of hydrogen-bond acceptors (Lipinski definition) is 5. The van der Waals surface area contributed by atoms with Gasteiger partial charge < -0.3 is 19.8 Å². The normalized spacial score (nSPS) is 20.6. The number of nitrogens with one attached hydrogen (secondary N) is 2. The molecule has 8 nitrogen and oxygen atoms in total. The Bertz CT molecular complexity index is 1220. The summed E-state index contributed by atoms with van der Waals surface area (Å²) < 4.78 is 11.4. The average Bonchev–Trinajstić information content (AvgIpc) is 3.18. The van der Waals surface area contributed by atoms with Gasteiger partial charge in [-0.25, -0.2) is 4.79 Å². The molecule has 8 heteroatoms. The SMILES string of the molecule is C[C@@]1(c2ccc3c(c2)OCCCO3)NC(=O)N(CC(=O)c2c[nH]c3ccccc23)C1=O. The average molecular weight is 419 g/mol. The minimum atomic E-state index is -1.30. The third-order valence-electron chi connectivity index (χ3n) is 5.79. The van der Waals surface area contributed by atoms with Crippen LogP contribution < -0.4 is 14.8 Å². The summed E-state index contributed by atoms with van der Waals surface area (Å²) in [6, 6.07) is 12.0. The molecule has 0 saturated carbocycles. The van der Waals surface area contributed by atoms with Gasteiger partial charge >= 0.3 is 6.03 Å². The first kappa shape index (κ1) is 19.2. The van der Waals surface area contributed by atoms with Crippen LogP contribution in [0.5, 0.6) is 11.5 Å². The van der Waals surface area contributed by atoms with E-state index in [0.717, 1.165) is 22.2 Å². The Kier molecular flexibility index (Phi) is 4.43. The zero-order valence-corrected chi connectivity index (χ0v) is 16.9. The summed E-state index contributed by atoms with van der Waals surface area (Å²) in [6.45, 7) is 2.36. The number of para-hydroxylation sites is 1. The van der Waals surface area contributed by atoms with Crippen LogP contribution in [0.3, 0.4) is 0 Å². The van der Waals surface area contributed by atoms with Crippen molar-refractivity contribution in [2.45, 2.75) is 18.9 Å². The summed E-state index contributed by atoms with van der Waals surface area (Å²) in [7, 11) is 0. The van der Waals surface area contributed by atoms with Crippen LogP contribution in [0.4, 0.5) is 4.79 Å². The number of Topliss-reactive ketones (excluding diaryl/α,β-unsaturated/α-hetero) is 1. The summed E-state index contributed by atoms with van der Waals surface area (Å²) >= 11 is 0. The van der Waals surface area contributed by atoms with Crippen LogP contribution in [0.1, 0.15) is 29.3 Å². The number of carbonyl (C=O) groups excluding carboxylic acids is 3. The van der Waals surface area contributed by atoms with E-state index in [-0.39, 0.29) is 12.3 Å². The highest BCUT2D eigenvalue weighted by atomic mass is 16.5. The maximum atomic E-state index is 13.3. The van der Waals surface area contributed by atoms with Gasteiger partial charge in [0, 0.05) is 29.1 Å². The van der Waals surface area contributed by atoms with Gasteiger partial charge in [-0.1, -0.05) is 24.3 Å². The molecule has 0 spiro atoms. The van der Waals surface area contributed by atoms with Gasteiger partial charge in [0.25, 0.3) is 5.91 Å². The molecular weight excluding hydrogens is 398 g/mol. The highest BCUT2D eigenvalue weighted by molar-refractivity contribution is 6.14. The van der Waals surface area contributed by atoms with Crippen LogP contribution in [0.15, 0.2) is 48.7 Å². The van der Waals surface area contributed by atoms with Crippen molar-refractivity contribution in [1.29, 1.82) is 0 Å². The number of nitrogens with zero attached hydrogens (tertiary/aromatic N) is 1. The second kappa shape index (κ2) is 7.16. The Morgan fingerprint density at radius 3 is 2.71 bits per heavy atom. The molecule has 0 aliphatic carbocycles. The lowest BCUT2D eigenvalue weighted by Gasteiger charge is -2.23. The monoisotopic (exact) mass is 419 g/mol. The standard InChI is InChI=1S/C23H21N3O5/c1-23(14-7-8-19-20(11-14)31-10-4-9-30-19)21(28)26(22(29)25-23)13-18(27)16-12-24-17-6-3-2-5-15(16)17/h2-3,5-8,11-12,24H,4,9-10,13H2,1H3,(H,25,29)/t23-/m0/s1. The number of imide groups is 1. The first-order valence-corrected chi connectivity index (χ1v) is 10.1. The van der Waals surface area contributed by atoms with Gasteiger partial charge in [0.2, 0.25) is 0 Å². The maximum Gasteiger partial charge on any atom is 0.325 e. The number of aromatic nitrogens is 1. The number of H-pyrrole nitrogens is 1. The number of ketones is 1. The van der Waals surface area contributed by atoms with E-state index in [4.69, 9.17) is 9.47 Å². The highest BCUT2D eigenvalue weighted by Crippen LogP contribution is 2.36. The zero-order chi connectivity index (χ0) is 21.6. The molecule has 158 valence electrons. The number of rotatable bonds is 4. The molecule has 1 saturated heterocycles. The zero-order valence-electron chi connectivity index (χ0n) is 16.9. The molecule has 31 heavy (non-hydrogen) atoms. The van der Waals surface area contributed by atoms with Crippen molar-refractivity contribution in [1.82, 2.24) is 15.2 Å². The minimum Gasteiger partial charge on any atom is -0.490 e. The Labute approximate surface area is 178 Å². The molecule has 0 unspecified atom stereocenters. The fourth-order valence-electron chi connectivity index (χ4n) is 4.04. The Morgan fingerprint density at radius 2 is 1.87 bits per heavy atom. The van der Waals surface area contributed by atoms with Gasteiger partial charge in [-0.3, -0.25) is 14.5 Å². The van der Waals surface area contributed by atoms with Crippen LogP contribution in [0, 0.1) is 0 Å². The summed E-state index contributed by atoms with van der Waals surface area (Å²) in [6.07, 6.45) is 2.37. The summed E-state index contributed by atoms with van der Waals surface area (Å²) in [4.78, 5) is 42.8. The molecule has 2 aliphatic rings. The van der Waals surface area contributed by atoms with Crippen molar-refractivity contribution in [3.8, 4) is 11.5 Å². The van der Waals surface area contributed by atoms with Gasteiger partial charge in [-0.15, -0.1) is 0 Å². The topological polar surface area (TPSA) is 101 Å². The van der Waals surface area contributed by atoms with Gasteiger partial charge in [0.15, 0.2) is 17.3 Å². The van der Waals surface area contributed by atoms with Crippen LogP contribution in [-0.2, 0) is 10.3 Å². The molecule has 1 aromatic heterocycles. The number of benzene rings is 2. The highest BCUT2D eigenvalue weighted by Gasteiger charge is 2.49. The summed E-state index contributed by atoms with van der Waals surface area (Å²) in [5.74, 6) is 0.337. The van der Waals surface area contributed by atoms with Crippen LogP contribution in [-0.4, -0.2) is 47.4 Å². The molecule has 0 bridgehead atoms. The Hall–Kier alpha value is -3.81. The van der Waals surface area contributed by atoms with Crippen LogP contribution in [0.2, 0.25) is 0 Å². The molecule has 0 radical (unpaired) electrons. The van der Waals surface area contributed by atoms with Gasteiger partial charge in [-0.2, -0.15) is 0 Å². The largest absolute Gasteiger partial charge is 0.490 e. The van der Waals surface area contributed by atoms with E-state index in [2.05, 4.69) is 10.3 Å². The Morgan fingerprint density at radius 1 is 1.10 bits per heavy atom. The van der Waals surface area contributed by atoms with Gasteiger partial charge in [0.05, 0.1) is 19.8 Å². The van der Waals surface area contributed by atoms with Crippen LogP contribution >= 0.6 is 0 Å². The quantitative estimate of drug-likeness (QED) is 0.500. The third kappa shape index (κ3) is 3.11. The van der Waals surface area contributed by atoms with Gasteiger partial charge in [0.1, 0.15) is 5.54 Å². The first-order valence-electron chi connectivity index (χ1n) is 10.1. The van der Waals surface area contributed by atoms with Crippen LogP contribution in [0.25, 0.3) is 10.9 Å². The number of aromatic amines is 1. The number of fused-ring (bicyclic) bond motifs is 2. The Balaban J connectivity index is 1.41. The van der Waals surface area contributed by atoms with E-state index < -0.39 is 17.5 Å². The number of ether oxygens (including phenoxy) is 2. The number of carbonyl (C=O) groups is 3. The van der Waals surface area contributed by atoms with E-state index >= 15 is 0 Å². The number of urea groups is 1. The summed E-state index contributed by atoms with van der Waals surface area (Å²) in [5, 5.41) is 3.49. The molecule has 2 aliphatic heterocycles. The van der Waals surface area contributed by atoms with Crippen molar-refractivity contribution in [3.63, 3.8) is 0 Å². The number of amides is 3. The lowest BCUT2D eigenvalue weighted by molar-refractivity contribution is -0.130. The fourth-order valence-corrected chi connectivity index (χ4v) is 4.04. The van der Waals surface area contributed by atoms with E-state index in [1.165, 1.54) is 0 Å². The van der Waals surface area contributed by atoms with Crippen molar-refractivity contribution < 1.29 is 23.9 Å². The van der Waals surface area contributed by atoms with Gasteiger partial charge in [-0.05, 0) is 30.7 Å². The van der Waals surface area contributed by atoms with Crippen molar-refractivity contribution in [2.24, 2.45) is 0 Å². The third-order valence-corrected chi connectivity index (χ3v) is 5.79. The lowest BCUT2D eigenvalue weighted by atomic mass is 9.91. The maximum absolute atomic E-state index is 13.3. The molecule has 3 aromatic rings. The van der Waals surface area contributed by atoms with Crippen molar-refractivity contribution >= 4 is 28.6 Å². The molecule has 1 atom stereocenters. The van der Waals surface area contributed by atoms with E-state index in [0.29, 0.717) is 35.8 Å². The molecule has 5 rings (SSSR count). The van der Waals surface area contributed by atoms with Crippen molar-refractivity contribution in [3.05, 3.63) is 59.8 Å². The smallest absolute Gasteiger partial charge is 0.325 e. The first-order chi connectivity index (χ1) is 15.0. The molecule has 1 fully saturated rings. The predicted molar refractivity (Wildman–Crippen MR) is 112 cm³/mol. The second-order valence-corrected chi connectivity index (χ2v) is 7.83. The lowest BCUT2D eigenvalue weighted by Crippen LogP contribution is -2.41. The number of hydrogen-bond donors (Lipinski definition) is 2. The van der Waals surface area contributed by atoms with E-state index in [1.807, 2.05) is 24.3 Å². The molecule has 3 heterocycles. The molecule has 2 N–H and O–H groups in total. The molecule has 3 amide bonds. The van der Waals surface area contributed by atoms with Crippen molar-refractivity contribution in [2.75, 3.05) is 19.8 Å². The second-order valence-electron chi connectivity index (χ2n) is 7.83. The van der Waals surface area contributed by atoms with E-state index in [1.54, 1.807) is 31.3 Å². The summed E-state index contributed by atoms with van der Waals surface area (Å²) in [5.41, 5.74) is 0.528. The predicted octanol–water partition coefficient (Wildman–Crippen LogP) is 2.98.